The van der Waals surface area contributed by atoms with Crippen LogP contribution in [0.5, 0.6) is 17.2 Å². The fourth-order valence-electron chi connectivity index (χ4n) is 2.96. The fourth-order valence-corrected chi connectivity index (χ4v) is 2.96. The Balaban J connectivity index is 2.18. The molecule has 0 fully saturated rings. The van der Waals surface area contributed by atoms with Crippen LogP contribution in [0.3, 0.4) is 0 Å². The van der Waals surface area contributed by atoms with E-state index in [-0.39, 0.29) is 39.4 Å². The molecule has 24 heavy (non-hydrogen) atoms. The third-order valence-corrected chi connectivity index (χ3v) is 4.23. The minimum Gasteiger partial charge on any atom is -0.507 e. The van der Waals surface area contributed by atoms with Crippen LogP contribution < -0.4 is 10.2 Å². The second-order valence-corrected chi connectivity index (χ2v) is 5.59. The number of rotatable bonds is 1. The molecule has 0 amide bonds. The van der Waals surface area contributed by atoms with Crippen molar-refractivity contribution in [2.24, 2.45) is 0 Å². The number of methoxy groups -OCH3 is 1. The van der Waals surface area contributed by atoms with Crippen LogP contribution in [-0.2, 0) is 4.74 Å². The van der Waals surface area contributed by atoms with Crippen LogP contribution in [0.1, 0.15) is 17.6 Å². The number of ether oxygens (including phenoxy) is 2. The van der Waals surface area contributed by atoms with Crippen molar-refractivity contribution >= 4 is 11.0 Å². The van der Waals surface area contributed by atoms with E-state index in [1.807, 2.05) is 0 Å². The van der Waals surface area contributed by atoms with Gasteiger partial charge in [0.1, 0.15) is 28.2 Å². The predicted octanol–water partition coefficient (Wildman–Crippen LogP) is 3.22. The Morgan fingerprint density at radius 1 is 1.21 bits per heavy atom. The molecular formula is C18H14O6. The summed E-state index contributed by atoms with van der Waals surface area (Å²) in [6.07, 6.45) is -0.891. The lowest BCUT2D eigenvalue weighted by atomic mass is 9.97. The summed E-state index contributed by atoms with van der Waals surface area (Å²) >= 11 is 0. The van der Waals surface area contributed by atoms with Gasteiger partial charge in [0, 0.05) is 24.3 Å². The summed E-state index contributed by atoms with van der Waals surface area (Å²) in [5.41, 5.74) is 0.755. The van der Waals surface area contributed by atoms with Crippen molar-refractivity contribution in [1.82, 2.24) is 0 Å². The molecule has 6 heteroatoms. The second kappa shape index (κ2) is 5.01. The molecule has 0 spiro atoms. The van der Waals surface area contributed by atoms with E-state index in [4.69, 9.17) is 13.9 Å². The number of phenolic OH excluding ortho intramolecular Hbond substituents is 2. The van der Waals surface area contributed by atoms with Gasteiger partial charge < -0.3 is 24.1 Å². The number of hydrogen-bond acceptors (Lipinski definition) is 6. The molecule has 2 aromatic carbocycles. The average molecular weight is 326 g/mol. The van der Waals surface area contributed by atoms with E-state index < -0.39 is 11.7 Å². The van der Waals surface area contributed by atoms with Gasteiger partial charge in [0.2, 0.25) is 5.43 Å². The quantitative estimate of drug-likeness (QED) is 0.714. The van der Waals surface area contributed by atoms with E-state index in [1.54, 1.807) is 24.3 Å². The molecule has 0 saturated carbocycles. The molecule has 1 aliphatic heterocycles. The van der Waals surface area contributed by atoms with Gasteiger partial charge in [-0.15, -0.1) is 0 Å². The summed E-state index contributed by atoms with van der Waals surface area (Å²) in [4.78, 5) is 13.1. The van der Waals surface area contributed by atoms with Crippen LogP contribution in [-0.4, -0.2) is 17.3 Å². The number of aromatic hydroxyl groups is 2. The van der Waals surface area contributed by atoms with E-state index in [2.05, 4.69) is 0 Å². The maximum atomic E-state index is 13.1. The first-order chi connectivity index (χ1) is 11.5. The van der Waals surface area contributed by atoms with Crippen molar-refractivity contribution in [3.63, 3.8) is 0 Å². The number of fused-ring (bicyclic) bond motifs is 4. The van der Waals surface area contributed by atoms with Gasteiger partial charge in [-0.3, -0.25) is 4.79 Å². The summed E-state index contributed by atoms with van der Waals surface area (Å²) in [7, 11) is 1.44. The Hall–Kier alpha value is -2.99. The largest absolute Gasteiger partial charge is 0.507 e. The van der Waals surface area contributed by atoms with Crippen molar-refractivity contribution in [1.29, 1.82) is 0 Å². The van der Waals surface area contributed by atoms with E-state index in [0.29, 0.717) is 11.3 Å². The minimum absolute atomic E-state index is 0.0237. The molecule has 1 aliphatic rings. The molecule has 0 aliphatic carbocycles. The van der Waals surface area contributed by atoms with Crippen LogP contribution in [0, 0.1) is 6.92 Å². The van der Waals surface area contributed by atoms with Crippen molar-refractivity contribution in [3.05, 3.63) is 51.9 Å². The molecule has 4 rings (SSSR count). The van der Waals surface area contributed by atoms with Gasteiger partial charge in [-0.1, -0.05) is 18.2 Å². The number of para-hydroxylation sites is 1. The third kappa shape index (κ3) is 1.83. The normalized spacial score (nSPS) is 15.7. The van der Waals surface area contributed by atoms with Crippen molar-refractivity contribution < 1.29 is 24.1 Å². The second-order valence-electron chi connectivity index (χ2n) is 5.59. The highest BCUT2D eigenvalue weighted by atomic mass is 16.7. The Morgan fingerprint density at radius 3 is 2.71 bits per heavy atom. The molecule has 3 aromatic rings. The van der Waals surface area contributed by atoms with Crippen LogP contribution in [0.4, 0.5) is 0 Å². The smallest absolute Gasteiger partial charge is 0.259 e. The van der Waals surface area contributed by atoms with Gasteiger partial charge >= 0.3 is 0 Å². The van der Waals surface area contributed by atoms with Gasteiger partial charge in [0.15, 0.2) is 5.76 Å². The topological polar surface area (TPSA) is 89.1 Å². The molecule has 0 radical (unpaired) electrons. The maximum Gasteiger partial charge on any atom is 0.259 e. The highest BCUT2D eigenvalue weighted by molar-refractivity contribution is 5.91. The Labute approximate surface area is 136 Å². The summed E-state index contributed by atoms with van der Waals surface area (Å²) in [5, 5.41) is 20.2. The van der Waals surface area contributed by atoms with Gasteiger partial charge in [0.25, 0.3) is 6.29 Å². The van der Waals surface area contributed by atoms with Crippen LogP contribution in [0.15, 0.2) is 39.5 Å². The number of hydrogen-bond donors (Lipinski definition) is 2. The zero-order valence-electron chi connectivity index (χ0n) is 13.0. The molecular weight excluding hydrogens is 312 g/mol. The van der Waals surface area contributed by atoms with Crippen molar-refractivity contribution in [2.45, 2.75) is 13.2 Å². The van der Waals surface area contributed by atoms with E-state index in [9.17, 15) is 15.0 Å². The summed E-state index contributed by atoms with van der Waals surface area (Å²) in [5.74, 6) is 0.253. The molecule has 0 bridgehead atoms. The zero-order valence-corrected chi connectivity index (χ0v) is 13.0. The SMILES string of the molecule is CO[C@H]1Oc2ccccc2-c2c1oc1cc(O)c(C)c(O)c1c2=O. The summed E-state index contributed by atoms with van der Waals surface area (Å²) < 4.78 is 16.8. The first kappa shape index (κ1) is 14.6. The lowest BCUT2D eigenvalue weighted by Crippen LogP contribution is -2.21. The van der Waals surface area contributed by atoms with Crippen LogP contribution >= 0.6 is 0 Å². The predicted molar refractivity (Wildman–Crippen MR) is 86.4 cm³/mol. The molecule has 0 unspecified atom stereocenters. The number of benzene rings is 2. The molecule has 122 valence electrons. The lowest BCUT2D eigenvalue weighted by Gasteiger charge is -2.26. The third-order valence-electron chi connectivity index (χ3n) is 4.23. The molecule has 1 atom stereocenters. The molecule has 0 saturated heterocycles. The fraction of sp³-hybridized carbons (Fsp3) is 0.167. The van der Waals surface area contributed by atoms with Crippen molar-refractivity contribution in [3.8, 4) is 28.4 Å². The first-order valence-corrected chi connectivity index (χ1v) is 7.34. The number of phenols is 2. The molecule has 2 heterocycles. The highest BCUT2D eigenvalue weighted by Crippen LogP contribution is 2.43. The maximum absolute atomic E-state index is 13.1. The molecule has 2 N–H and O–H groups in total. The van der Waals surface area contributed by atoms with E-state index in [0.717, 1.165) is 0 Å². The van der Waals surface area contributed by atoms with Crippen LogP contribution in [0.25, 0.3) is 22.1 Å². The van der Waals surface area contributed by atoms with Gasteiger partial charge in [0.05, 0.1) is 5.56 Å². The van der Waals surface area contributed by atoms with Gasteiger partial charge in [-0.25, -0.2) is 0 Å². The Morgan fingerprint density at radius 2 is 1.96 bits per heavy atom. The minimum atomic E-state index is -0.891. The Bertz CT molecular complexity index is 1030. The van der Waals surface area contributed by atoms with Crippen LogP contribution in [0.2, 0.25) is 0 Å². The molecule has 1 aromatic heterocycles. The first-order valence-electron chi connectivity index (χ1n) is 7.34. The standard InChI is InChI=1S/C18H14O6/c1-8-10(19)7-12-14(15(8)20)16(21)13-9-5-3-4-6-11(9)24-18(22-2)17(13)23-12/h3-7,18-20H,1-2H3/t18-/m0/s1. The van der Waals surface area contributed by atoms with Crippen molar-refractivity contribution in [2.75, 3.05) is 7.11 Å². The monoisotopic (exact) mass is 326 g/mol. The average Bonchev–Trinajstić information content (AvgIpc) is 2.58. The Kier molecular flexibility index (Phi) is 3.04. The lowest BCUT2D eigenvalue weighted by molar-refractivity contribution is -0.0716. The van der Waals surface area contributed by atoms with E-state index in [1.165, 1.54) is 20.1 Å². The summed E-state index contributed by atoms with van der Waals surface area (Å²) in [6.45, 7) is 1.53. The summed E-state index contributed by atoms with van der Waals surface area (Å²) in [6, 6.07) is 8.35. The van der Waals surface area contributed by atoms with Gasteiger partial charge in [-0.05, 0) is 13.0 Å². The zero-order chi connectivity index (χ0) is 17.0. The van der Waals surface area contributed by atoms with E-state index >= 15 is 0 Å². The molecule has 6 nitrogen and oxygen atoms in total. The highest BCUT2D eigenvalue weighted by Gasteiger charge is 2.32. The van der Waals surface area contributed by atoms with Gasteiger partial charge in [-0.2, -0.15) is 0 Å².